The number of amides is 1. The van der Waals surface area contributed by atoms with Gasteiger partial charge in [-0.3, -0.25) is 4.79 Å². The summed E-state index contributed by atoms with van der Waals surface area (Å²) >= 11 is 1.32. The van der Waals surface area contributed by atoms with Crippen molar-refractivity contribution in [2.45, 2.75) is 65.0 Å². The summed E-state index contributed by atoms with van der Waals surface area (Å²) in [5.74, 6) is 1.01. The quantitative estimate of drug-likeness (QED) is 0.753. The Morgan fingerprint density at radius 3 is 2.67 bits per heavy atom. The van der Waals surface area contributed by atoms with Crippen LogP contribution in [0.3, 0.4) is 0 Å². The predicted octanol–water partition coefficient (Wildman–Crippen LogP) is 3.24. The van der Waals surface area contributed by atoms with Crippen LogP contribution in [0.2, 0.25) is 0 Å². The second kappa shape index (κ2) is 6.22. The van der Waals surface area contributed by atoms with Gasteiger partial charge in [-0.15, -0.1) is 0 Å². The highest BCUT2D eigenvalue weighted by molar-refractivity contribution is 7.18. The number of carbonyl (C=O) groups excluding carboxylic acids is 1. The zero-order valence-electron chi connectivity index (χ0n) is 13.3. The topological polar surface area (TPSA) is 80.0 Å². The van der Waals surface area contributed by atoms with Crippen LogP contribution in [0.25, 0.3) is 0 Å². The van der Waals surface area contributed by atoms with Gasteiger partial charge in [0.2, 0.25) is 0 Å². The first kappa shape index (κ1) is 16.1. The van der Waals surface area contributed by atoms with E-state index in [9.17, 15) is 4.79 Å². The molecule has 4 N–H and O–H groups in total. The van der Waals surface area contributed by atoms with E-state index in [-0.39, 0.29) is 17.5 Å². The van der Waals surface area contributed by atoms with Crippen molar-refractivity contribution < 1.29 is 4.79 Å². The molecule has 6 heteroatoms. The van der Waals surface area contributed by atoms with E-state index in [4.69, 9.17) is 5.73 Å². The molecule has 0 radical (unpaired) electrons. The van der Waals surface area contributed by atoms with E-state index in [1.807, 2.05) is 20.8 Å². The summed E-state index contributed by atoms with van der Waals surface area (Å²) < 4.78 is 0. The molecule has 0 aromatic carbocycles. The molecule has 1 aromatic heterocycles. The molecule has 2 rings (SSSR count). The number of anilines is 2. The fraction of sp³-hybridized carbons (Fsp3) is 0.733. The van der Waals surface area contributed by atoms with E-state index in [2.05, 4.69) is 22.5 Å². The van der Waals surface area contributed by atoms with Crippen molar-refractivity contribution in [3.63, 3.8) is 0 Å². The first-order valence-corrected chi connectivity index (χ1v) is 8.45. The molecule has 118 valence electrons. The van der Waals surface area contributed by atoms with Gasteiger partial charge in [0.1, 0.15) is 10.7 Å². The number of hydrogen-bond acceptors (Lipinski definition) is 5. The molecule has 1 amide bonds. The predicted molar refractivity (Wildman–Crippen MR) is 88.8 cm³/mol. The van der Waals surface area contributed by atoms with Crippen LogP contribution in [-0.2, 0) is 0 Å². The fourth-order valence-electron chi connectivity index (χ4n) is 2.20. The highest BCUT2D eigenvalue weighted by Gasteiger charge is 2.27. The van der Waals surface area contributed by atoms with E-state index in [1.165, 1.54) is 24.2 Å². The van der Waals surface area contributed by atoms with Gasteiger partial charge in [0.05, 0.1) is 0 Å². The second-order valence-electron chi connectivity index (χ2n) is 6.87. The maximum atomic E-state index is 12.4. The molecule has 1 fully saturated rings. The molecule has 0 bridgehead atoms. The number of thiazole rings is 1. The molecule has 1 unspecified atom stereocenters. The molecule has 1 aliphatic carbocycles. The van der Waals surface area contributed by atoms with Gasteiger partial charge in [-0.05, 0) is 39.5 Å². The Morgan fingerprint density at radius 1 is 1.48 bits per heavy atom. The summed E-state index contributed by atoms with van der Waals surface area (Å²) in [4.78, 5) is 17.1. The van der Waals surface area contributed by atoms with E-state index in [1.54, 1.807) is 0 Å². The molecular formula is C15H26N4OS. The van der Waals surface area contributed by atoms with Gasteiger partial charge < -0.3 is 16.4 Å². The summed E-state index contributed by atoms with van der Waals surface area (Å²) in [6.45, 7) is 8.25. The highest BCUT2D eigenvalue weighted by atomic mass is 32.1. The molecule has 1 saturated carbocycles. The van der Waals surface area contributed by atoms with Gasteiger partial charge in [0, 0.05) is 11.6 Å². The van der Waals surface area contributed by atoms with Crippen molar-refractivity contribution >= 4 is 28.2 Å². The largest absolute Gasteiger partial charge is 0.382 e. The number of nitrogens with zero attached hydrogens (tertiary/aromatic N) is 1. The van der Waals surface area contributed by atoms with Gasteiger partial charge in [0.25, 0.3) is 5.91 Å². The van der Waals surface area contributed by atoms with Crippen LogP contribution in [-0.4, -0.2) is 22.5 Å². The Morgan fingerprint density at radius 2 is 2.14 bits per heavy atom. The Balaban J connectivity index is 2.00. The standard InChI is InChI=1S/C15H26N4OS/c1-5-10(8-9-6-7-9)17-13(20)11-12(16)18-14(21-11)19-15(2,3)4/h9-10H,5-8,16H2,1-4H3,(H,17,20)(H,18,19). The Hall–Kier alpha value is -1.30. The van der Waals surface area contributed by atoms with Crippen molar-refractivity contribution in [3.8, 4) is 0 Å². The van der Waals surface area contributed by atoms with Crippen LogP contribution in [0.5, 0.6) is 0 Å². The minimum absolute atomic E-state index is 0.0977. The first-order chi connectivity index (χ1) is 9.78. The highest BCUT2D eigenvalue weighted by Crippen LogP contribution is 2.34. The van der Waals surface area contributed by atoms with Crippen LogP contribution in [0.4, 0.5) is 10.9 Å². The van der Waals surface area contributed by atoms with Gasteiger partial charge >= 0.3 is 0 Å². The number of nitrogens with two attached hydrogens (primary N) is 1. The minimum Gasteiger partial charge on any atom is -0.382 e. The number of hydrogen-bond donors (Lipinski definition) is 3. The van der Waals surface area contributed by atoms with Crippen molar-refractivity contribution in [3.05, 3.63) is 4.88 Å². The van der Waals surface area contributed by atoms with E-state index in [0.717, 1.165) is 18.8 Å². The maximum absolute atomic E-state index is 12.4. The summed E-state index contributed by atoms with van der Waals surface area (Å²) in [6.07, 6.45) is 4.63. The summed E-state index contributed by atoms with van der Waals surface area (Å²) in [7, 11) is 0. The van der Waals surface area contributed by atoms with E-state index < -0.39 is 0 Å². The Kier molecular flexibility index (Phi) is 4.76. The van der Waals surface area contributed by atoms with Gasteiger partial charge in [-0.1, -0.05) is 31.1 Å². The molecule has 1 aliphatic rings. The molecule has 0 spiro atoms. The first-order valence-electron chi connectivity index (χ1n) is 7.64. The molecule has 21 heavy (non-hydrogen) atoms. The third-order valence-corrected chi connectivity index (χ3v) is 4.47. The third kappa shape index (κ3) is 4.88. The number of rotatable bonds is 6. The number of aromatic nitrogens is 1. The van der Waals surface area contributed by atoms with Gasteiger partial charge in [0.15, 0.2) is 5.13 Å². The normalized spacial score (nSPS) is 16.6. The molecule has 1 aromatic rings. The second-order valence-corrected chi connectivity index (χ2v) is 7.87. The maximum Gasteiger partial charge on any atom is 0.265 e. The smallest absolute Gasteiger partial charge is 0.265 e. The van der Waals surface area contributed by atoms with Crippen LogP contribution in [0.15, 0.2) is 0 Å². The summed E-state index contributed by atoms with van der Waals surface area (Å²) in [6, 6.07) is 0.241. The average molecular weight is 310 g/mol. The minimum atomic E-state index is -0.101. The molecule has 0 aliphatic heterocycles. The molecular weight excluding hydrogens is 284 g/mol. The lowest BCUT2D eigenvalue weighted by molar-refractivity contribution is 0.0937. The molecule has 0 saturated heterocycles. The van der Waals surface area contributed by atoms with Crippen molar-refractivity contribution in [2.75, 3.05) is 11.1 Å². The van der Waals surface area contributed by atoms with Crippen molar-refractivity contribution in [2.24, 2.45) is 5.92 Å². The van der Waals surface area contributed by atoms with Crippen molar-refractivity contribution in [1.29, 1.82) is 0 Å². The third-order valence-electron chi connectivity index (χ3n) is 3.48. The lowest BCUT2D eigenvalue weighted by Crippen LogP contribution is -2.34. The molecule has 1 heterocycles. The van der Waals surface area contributed by atoms with E-state index in [0.29, 0.717) is 15.8 Å². The zero-order chi connectivity index (χ0) is 15.6. The van der Waals surface area contributed by atoms with Crippen LogP contribution >= 0.6 is 11.3 Å². The summed E-state index contributed by atoms with van der Waals surface area (Å²) in [5.41, 5.74) is 5.79. The monoisotopic (exact) mass is 310 g/mol. The fourth-order valence-corrected chi connectivity index (χ4v) is 3.20. The van der Waals surface area contributed by atoms with Crippen LogP contribution in [0, 0.1) is 5.92 Å². The summed E-state index contributed by atoms with van der Waals surface area (Å²) in [5, 5.41) is 7.04. The molecule has 5 nitrogen and oxygen atoms in total. The van der Waals surface area contributed by atoms with Crippen LogP contribution in [0.1, 0.15) is 63.0 Å². The SMILES string of the molecule is CCC(CC1CC1)NC(=O)c1sc(NC(C)(C)C)nc1N. The molecule has 1 atom stereocenters. The lowest BCUT2D eigenvalue weighted by Gasteiger charge is -2.19. The van der Waals surface area contributed by atoms with Crippen LogP contribution < -0.4 is 16.4 Å². The van der Waals surface area contributed by atoms with Gasteiger partial charge in [-0.2, -0.15) is 0 Å². The Labute approximate surface area is 130 Å². The lowest BCUT2D eigenvalue weighted by atomic mass is 10.1. The number of nitrogens with one attached hydrogen (secondary N) is 2. The zero-order valence-corrected chi connectivity index (χ0v) is 14.1. The average Bonchev–Trinajstić information content (AvgIpc) is 3.09. The van der Waals surface area contributed by atoms with E-state index >= 15 is 0 Å². The van der Waals surface area contributed by atoms with Gasteiger partial charge in [-0.25, -0.2) is 4.98 Å². The Bertz CT molecular complexity index is 502. The number of nitrogen functional groups attached to an aromatic ring is 1. The van der Waals surface area contributed by atoms with Crippen molar-refractivity contribution in [1.82, 2.24) is 10.3 Å². The number of carbonyl (C=O) groups is 1.